The Kier molecular flexibility index (Phi) is 3.70. The van der Waals surface area contributed by atoms with Crippen LogP contribution in [0.4, 0.5) is 0 Å². The fourth-order valence-corrected chi connectivity index (χ4v) is 4.24. The molecule has 0 aromatic heterocycles. The standard InChI is InChI=1S/C9H16BrNO3S/c10-5-8-1-3-11(4-2-8)15(12,13)9-6-14-7-9/h8-9H,1-7H2. The molecular formula is C9H16BrNO3S. The van der Waals surface area contributed by atoms with Crippen molar-refractivity contribution in [1.82, 2.24) is 4.31 Å². The highest BCUT2D eigenvalue weighted by Crippen LogP contribution is 2.24. The molecule has 0 aromatic rings. The third-order valence-corrected chi connectivity index (χ3v) is 6.30. The van der Waals surface area contributed by atoms with E-state index in [1.807, 2.05) is 0 Å². The Bertz CT molecular complexity index is 307. The van der Waals surface area contributed by atoms with Gasteiger partial charge in [-0.05, 0) is 18.8 Å². The van der Waals surface area contributed by atoms with E-state index in [1.165, 1.54) is 0 Å². The van der Waals surface area contributed by atoms with E-state index in [0.717, 1.165) is 18.2 Å². The van der Waals surface area contributed by atoms with Crippen molar-refractivity contribution in [2.24, 2.45) is 5.92 Å². The van der Waals surface area contributed by atoms with Gasteiger partial charge in [0.1, 0.15) is 5.25 Å². The molecule has 0 saturated carbocycles. The van der Waals surface area contributed by atoms with Gasteiger partial charge in [-0.3, -0.25) is 0 Å². The second kappa shape index (κ2) is 4.69. The molecule has 2 aliphatic rings. The number of nitrogens with zero attached hydrogens (tertiary/aromatic N) is 1. The zero-order chi connectivity index (χ0) is 10.9. The Morgan fingerprint density at radius 2 is 1.87 bits per heavy atom. The molecule has 88 valence electrons. The average Bonchev–Trinajstić information content (AvgIpc) is 2.14. The van der Waals surface area contributed by atoms with Crippen LogP contribution in [0.1, 0.15) is 12.8 Å². The first kappa shape index (κ1) is 11.8. The van der Waals surface area contributed by atoms with Gasteiger partial charge in [0.15, 0.2) is 0 Å². The van der Waals surface area contributed by atoms with Crippen molar-refractivity contribution >= 4 is 26.0 Å². The fourth-order valence-electron chi connectivity index (χ4n) is 1.91. The molecule has 2 heterocycles. The van der Waals surface area contributed by atoms with Gasteiger partial charge in [-0.1, -0.05) is 15.9 Å². The second-order valence-electron chi connectivity index (χ2n) is 4.20. The Balaban J connectivity index is 1.94. The SMILES string of the molecule is O=S(=O)(C1COC1)N1CCC(CBr)CC1. The number of sulfonamides is 1. The zero-order valence-corrected chi connectivity index (χ0v) is 11.0. The van der Waals surface area contributed by atoms with Gasteiger partial charge >= 0.3 is 0 Å². The first-order valence-electron chi connectivity index (χ1n) is 5.27. The van der Waals surface area contributed by atoms with Gasteiger partial charge in [-0.2, -0.15) is 0 Å². The zero-order valence-electron chi connectivity index (χ0n) is 8.56. The summed E-state index contributed by atoms with van der Waals surface area (Å²) in [6.45, 7) is 2.10. The van der Waals surface area contributed by atoms with Crippen molar-refractivity contribution < 1.29 is 13.2 Å². The topological polar surface area (TPSA) is 46.6 Å². The third kappa shape index (κ3) is 2.38. The van der Waals surface area contributed by atoms with Gasteiger partial charge < -0.3 is 4.74 Å². The van der Waals surface area contributed by atoms with Crippen molar-refractivity contribution in [2.75, 3.05) is 31.6 Å². The average molecular weight is 298 g/mol. The van der Waals surface area contributed by atoms with Crippen molar-refractivity contribution in [3.63, 3.8) is 0 Å². The molecule has 4 nitrogen and oxygen atoms in total. The minimum atomic E-state index is -3.06. The van der Waals surface area contributed by atoms with E-state index in [4.69, 9.17) is 4.74 Å². The van der Waals surface area contributed by atoms with E-state index in [2.05, 4.69) is 15.9 Å². The van der Waals surface area contributed by atoms with Gasteiger partial charge in [0.05, 0.1) is 13.2 Å². The molecule has 0 radical (unpaired) electrons. The van der Waals surface area contributed by atoms with Gasteiger partial charge in [-0.15, -0.1) is 0 Å². The molecule has 0 N–H and O–H groups in total. The van der Waals surface area contributed by atoms with Crippen LogP contribution in [0.5, 0.6) is 0 Å². The van der Waals surface area contributed by atoms with E-state index in [9.17, 15) is 8.42 Å². The molecule has 0 aliphatic carbocycles. The summed E-state index contributed by atoms with van der Waals surface area (Å²) in [5, 5.41) is 0.700. The summed E-state index contributed by atoms with van der Waals surface area (Å²) in [6, 6.07) is 0. The Morgan fingerprint density at radius 3 is 2.27 bits per heavy atom. The molecule has 0 unspecified atom stereocenters. The van der Waals surface area contributed by atoms with Gasteiger partial charge in [0.2, 0.25) is 10.0 Å². The number of halogens is 1. The van der Waals surface area contributed by atoms with Crippen molar-refractivity contribution in [2.45, 2.75) is 18.1 Å². The van der Waals surface area contributed by atoms with E-state index in [-0.39, 0.29) is 5.25 Å². The molecule has 2 fully saturated rings. The largest absolute Gasteiger partial charge is 0.378 e. The Labute approximate surface area is 99.1 Å². The minimum Gasteiger partial charge on any atom is -0.378 e. The molecular weight excluding hydrogens is 282 g/mol. The molecule has 2 aliphatic heterocycles. The first-order chi connectivity index (χ1) is 7.14. The molecule has 0 atom stereocenters. The smallest absolute Gasteiger partial charge is 0.221 e. The summed E-state index contributed by atoms with van der Waals surface area (Å²) in [4.78, 5) is 0. The van der Waals surface area contributed by atoms with Crippen molar-refractivity contribution in [1.29, 1.82) is 0 Å². The highest BCUT2D eigenvalue weighted by atomic mass is 79.9. The summed E-state index contributed by atoms with van der Waals surface area (Å²) in [7, 11) is -3.06. The van der Waals surface area contributed by atoms with Gasteiger partial charge in [0, 0.05) is 18.4 Å². The maximum atomic E-state index is 12.0. The van der Waals surface area contributed by atoms with Crippen LogP contribution in [0.25, 0.3) is 0 Å². The van der Waals surface area contributed by atoms with Crippen LogP contribution in [-0.2, 0) is 14.8 Å². The predicted octanol–water partition coefficient (Wildman–Crippen LogP) is 0.822. The summed E-state index contributed by atoms with van der Waals surface area (Å²) >= 11 is 3.45. The molecule has 2 rings (SSSR count). The lowest BCUT2D eigenvalue weighted by molar-refractivity contribution is 0.0387. The number of ether oxygens (including phenoxy) is 1. The number of piperidine rings is 1. The normalized spacial score (nSPS) is 26.5. The number of alkyl halides is 1. The van der Waals surface area contributed by atoms with Crippen LogP contribution in [0.3, 0.4) is 0 Å². The number of hydrogen-bond donors (Lipinski definition) is 0. The first-order valence-corrected chi connectivity index (χ1v) is 7.89. The van der Waals surface area contributed by atoms with E-state index >= 15 is 0 Å². The number of rotatable bonds is 3. The van der Waals surface area contributed by atoms with E-state index in [0.29, 0.717) is 32.2 Å². The Hall–Kier alpha value is 0.350. The van der Waals surface area contributed by atoms with Crippen LogP contribution in [0.15, 0.2) is 0 Å². The fraction of sp³-hybridized carbons (Fsp3) is 1.00. The van der Waals surface area contributed by atoms with Gasteiger partial charge in [-0.25, -0.2) is 12.7 Å². The van der Waals surface area contributed by atoms with Crippen LogP contribution >= 0.6 is 15.9 Å². The molecule has 2 saturated heterocycles. The lowest BCUT2D eigenvalue weighted by Gasteiger charge is -2.35. The molecule has 6 heteroatoms. The molecule has 0 amide bonds. The minimum absolute atomic E-state index is 0.280. The quantitative estimate of drug-likeness (QED) is 0.725. The summed E-state index contributed by atoms with van der Waals surface area (Å²) in [6.07, 6.45) is 1.94. The van der Waals surface area contributed by atoms with Crippen LogP contribution < -0.4 is 0 Å². The summed E-state index contributed by atoms with van der Waals surface area (Å²) in [5.41, 5.74) is 0. The lowest BCUT2D eigenvalue weighted by Crippen LogP contribution is -2.50. The summed E-state index contributed by atoms with van der Waals surface area (Å²) in [5.74, 6) is 0.633. The van der Waals surface area contributed by atoms with E-state index in [1.54, 1.807) is 4.31 Å². The molecule has 0 spiro atoms. The van der Waals surface area contributed by atoms with Crippen LogP contribution in [-0.4, -0.2) is 49.6 Å². The number of hydrogen-bond acceptors (Lipinski definition) is 3. The second-order valence-corrected chi connectivity index (χ2v) is 7.06. The monoisotopic (exact) mass is 297 g/mol. The van der Waals surface area contributed by atoms with E-state index < -0.39 is 10.0 Å². The molecule has 0 aromatic carbocycles. The maximum absolute atomic E-state index is 12.0. The van der Waals surface area contributed by atoms with Crippen molar-refractivity contribution in [3.8, 4) is 0 Å². The van der Waals surface area contributed by atoms with Crippen molar-refractivity contribution in [3.05, 3.63) is 0 Å². The van der Waals surface area contributed by atoms with Gasteiger partial charge in [0.25, 0.3) is 0 Å². The Morgan fingerprint density at radius 1 is 1.27 bits per heavy atom. The highest BCUT2D eigenvalue weighted by Gasteiger charge is 2.38. The highest BCUT2D eigenvalue weighted by molar-refractivity contribution is 9.09. The molecule has 0 bridgehead atoms. The maximum Gasteiger partial charge on any atom is 0.221 e. The van der Waals surface area contributed by atoms with Crippen LogP contribution in [0.2, 0.25) is 0 Å². The molecule has 15 heavy (non-hydrogen) atoms. The lowest BCUT2D eigenvalue weighted by atomic mass is 10.0. The summed E-state index contributed by atoms with van der Waals surface area (Å²) < 4.78 is 30.6. The predicted molar refractivity (Wildman–Crippen MR) is 61.6 cm³/mol. The van der Waals surface area contributed by atoms with Crippen LogP contribution in [0, 0.1) is 5.92 Å². The third-order valence-electron chi connectivity index (χ3n) is 3.18.